The van der Waals surface area contributed by atoms with Crippen molar-refractivity contribution in [3.05, 3.63) is 35.9 Å². The van der Waals surface area contributed by atoms with Crippen molar-refractivity contribution < 1.29 is 4.79 Å². The molecule has 1 aliphatic carbocycles. The average molecular weight is 288 g/mol. The molecule has 0 aliphatic heterocycles. The second-order valence-corrected chi connectivity index (χ2v) is 6.59. The number of nitrogens with zero attached hydrogens (tertiary/aromatic N) is 1. The molecule has 21 heavy (non-hydrogen) atoms. The van der Waals surface area contributed by atoms with Crippen LogP contribution in [0.25, 0.3) is 0 Å². The van der Waals surface area contributed by atoms with E-state index >= 15 is 0 Å². The van der Waals surface area contributed by atoms with Crippen LogP contribution < -0.4 is 5.73 Å². The van der Waals surface area contributed by atoms with Gasteiger partial charge in [-0.25, -0.2) is 0 Å². The summed E-state index contributed by atoms with van der Waals surface area (Å²) in [5.74, 6) is 0.788. The van der Waals surface area contributed by atoms with Gasteiger partial charge in [-0.3, -0.25) is 4.79 Å². The van der Waals surface area contributed by atoms with Gasteiger partial charge >= 0.3 is 0 Å². The van der Waals surface area contributed by atoms with Crippen LogP contribution in [0.4, 0.5) is 0 Å². The van der Waals surface area contributed by atoms with Crippen LogP contribution in [-0.2, 0) is 4.79 Å². The first-order valence-corrected chi connectivity index (χ1v) is 8.08. The lowest BCUT2D eigenvalue weighted by Gasteiger charge is -2.36. The largest absolute Gasteiger partial charge is 0.342 e. The zero-order chi connectivity index (χ0) is 15.4. The van der Waals surface area contributed by atoms with Gasteiger partial charge in [-0.2, -0.15) is 0 Å². The van der Waals surface area contributed by atoms with E-state index in [1.165, 1.54) is 12.8 Å². The lowest BCUT2D eigenvalue weighted by molar-refractivity contribution is -0.137. The standard InChI is InChI=1S/C18H28N2O/c1-13-9-11-16(12-10-13)20(3)18(21)14(2)17(19)15-7-5-4-6-8-15/h4-8,13-14,16-17H,9-12,19H2,1-3H3. The van der Waals surface area contributed by atoms with Gasteiger partial charge in [0.05, 0.1) is 5.92 Å². The maximum atomic E-state index is 12.7. The Morgan fingerprint density at radius 3 is 2.33 bits per heavy atom. The van der Waals surface area contributed by atoms with Gasteiger partial charge in [-0.05, 0) is 37.2 Å². The molecular formula is C18H28N2O. The summed E-state index contributed by atoms with van der Waals surface area (Å²) in [5, 5.41) is 0. The highest BCUT2D eigenvalue weighted by molar-refractivity contribution is 5.79. The Morgan fingerprint density at radius 1 is 1.19 bits per heavy atom. The van der Waals surface area contributed by atoms with Crippen LogP contribution in [0.15, 0.2) is 30.3 Å². The Balaban J connectivity index is 1.98. The Kier molecular flexibility index (Phi) is 5.40. The van der Waals surface area contributed by atoms with Crippen molar-refractivity contribution in [1.82, 2.24) is 4.90 Å². The highest BCUT2D eigenvalue weighted by atomic mass is 16.2. The second-order valence-electron chi connectivity index (χ2n) is 6.59. The number of benzene rings is 1. The van der Waals surface area contributed by atoms with Gasteiger partial charge < -0.3 is 10.6 Å². The zero-order valence-corrected chi connectivity index (χ0v) is 13.5. The zero-order valence-electron chi connectivity index (χ0n) is 13.5. The Bertz CT molecular complexity index is 452. The number of hydrogen-bond donors (Lipinski definition) is 1. The lowest BCUT2D eigenvalue weighted by Crippen LogP contribution is -2.44. The number of amides is 1. The third-order valence-corrected chi connectivity index (χ3v) is 4.99. The summed E-state index contributed by atoms with van der Waals surface area (Å²) in [4.78, 5) is 14.6. The summed E-state index contributed by atoms with van der Waals surface area (Å²) in [6, 6.07) is 10.1. The van der Waals surface area contributed by atoms with E-state index in [1.54, 1.807) is 0 Å². The molecule has 3 heteroatoms. The van der Waals surface area contributed by atoms with Gasteiger partial charge in [0.2, 0.25) is 5.91 Å². The van der Waals surface area contributed by atoms with Crippen LogP contribution in [0, 0.1) is 11.8 Å². The van der Waals surface area contributed by atoms with E-state index in [2.05, 4.69) is 6.92 Å². The summed E-state index contributed by atoms with van der Waals surface area (Å²) < 4.78 is 0. The number of carbonyl (C=O) groups excluding carboxylic acids is 1. The number of rotatable bonds is 4. The molecular weight excluding hydrogens is 260 g/mol. The van der Waals surface area contributed by atoms with Gasteiger partial charge in [-0.1, -0.05) is 44.2 Å². The van der Waals surface area contributed by atoms with Crippen molar-refractivity contribution in [1.29, 1.82) is 0 Å². The molecule has 0 saturated heterocycles. The van der Waals surface area contributed by atoms with Crippen molar-refractivity contribution in [3.63, 3.8) is 0 Å². The van der Waals surface area contributed by atoms with Gasteiger partial charge in [0.1, 0.15) is 0 Å². The van der Waals surface area contributed by atoms with E-state index in [9.17, 15) is 4.79 Å². The molecule has 1 aromatic rings. The molecule has 3 nitrogen and oxygen atoms in total. The van der Waals surface area contributed by atoms with E-state index in [0.717, 1.165) is 24.3 Å². The Morgan fingerprint density at radius 2 is 1.76 bits per heavy atom. The van der Waals surface area contributed by atoms with E-state index in [4.69, 9.17) is 5.73 Å². The van der Waals surface area contributed by atoms with Gasteiger partial charge in [0.25, 0.3) is 0 Å². The van der Waals surface area contributed by atoms with Gasteiger partial charge in [0.15, 0.2) is 0 Å². The van der Waals surface area contributed by atoms with Gasteiger partial charge in [-0.15, -0.1) is 0 Å². The maximum Gasteiger partial charge on any atom is 0.227 e. The molecule has 0 aromatic heterocycles. The predicted molar refractivity (Wildman–Crippen MR) is 86.7 cm³/mol. The Labute approximate surface area is 128 Å². The summed E-state index contributed by atoms with van der Waals surface area (Å²) in [7, 11) is 1.94. The van der Waals surface area contributed by atoms with E-state index in [-0.39, 0.29) is 17.9 Å². The molecule has 2 rings (SSSR count). The average Bonchev–Trinajstić information content (AvgIpc) is 2.53. The summed E-state index contributed by atoms with van der Waals surface area (Å²) in [5.41, 5.74) is 7.31. The first-order chi connectivity index (χ1) is 10.0. The number of nitrogens with two attached hydrogens (primary N) is 1. The van der Waals surface area contributed by atoms with Crippen LogP contribution in [0.3, 0.4) is 0 Å². The van der Waals surface area contributed by atoms with Crippen LogP contribution >= 0.6 is 0 Å². The minimum absolute atomic E-state index is 0.172. The Hall–Kier alpha value is -1.35. The molecule has 1 aromatic carbocycles. The molecule has 0 radical (unpaired) electrons. The first kappa shape index (κ1) is 16.0. The molecule has 2 unspecified atom stereocenters. The summed E-state index contributed by atoms with van der Waals surface area (Å²) in [6.45, 7) is 4.24. The summed E-state index contributed by atoms with van der Waals surface area (Å²) in [6.07, 6.45) is 4.69. The van der Waals surface area contributed by atoms with Crippen LogP contribution in [0.5, 0.6) is 0 Å². The fourth-order valence-corrected chi connectivity index (χ4v) is 3.25. The molecule has 0 heterocycles. The molecule has 2 atom stereocenters. The van der Waals surface area contributed by atoms with E-state index in [0.29, 0.717) is 6.04 Å². The van der Waals surface area contributed by atoms with Crippen molar-refractivity contribution >= 4 is 5.91 Å². The third kappa shape index (κ3) is 3.85. The molecule has 1 saturated carbocycles. The quantitative estimate of drug-likeness (QED) is 0.923. The molecule has 0 bridgehead atoms. The smallest absolute Gasteiger partial charge is 0.227 e. The molecule has 1 amide bonds. The molecule has 2 N–H and O–H groups in total. The van der Waals surface area contributed by atoms with Crippen molar-refractivity contribution in [3.8, 4) is 0 Å². The van der Waals surface area contributed by atoms with Crippen LogP contribution in [0.1, 0.15) is 51.1 Å². The second kappa shape index (κ2) is 7.08. The van der Waals surface area contributed by atoms with Crippen molar-refractivity contribution in [2.45, 2.75) is 51.6 Å². The molecule has 116 valence electrons. The number of carbonyl (C=O) groups is 1. The fourth-order valence-electron chi connectivity index (χ4n) is 3.25. The SMILES string of the molecule is CC1CCC(N(C)C(=O)C(C)C(N)c2ccccc2)CC1. The fraction of sp³-hybridized carbons (Fsp3) is 0.611. The minimum Gasteiger partial charge on any atom is -0.342 e. The first-order valence-electron chi connectivity index (χ1n) is 8.08. The maximum absolute atomic E-state index is 12.7. The molecule has 0 spiro atoms. The third-order valence-electron chi connectivity index (χ3n) is 4.99. The van der Waals surface area contributed by atoms with Crippen molar-refractivity contribution in [2.75, 3.05) is 7.05 Å². The topological polar surface area (TPSA) is 46.3 Å². The highest BCUT2D eigenvalue weighted by Gasteiger charge is 2.30. The van der Waals surface area contributed by atoms with Gasteiger partial charge in [0, 0.05) is 19.1 Å². The normalized spacial score (nSPS) is 25.1. The van der Waals surface area contributed by atoms with Crippen molar-refractivity contribution in [2.24, 2.45) is 17.6 Å². The van der Waals surface area contributed by atoms with Crippen LogP contribution in [0.2, 0.25) is 0 Å². The molecule has 1 fully saturated rings. The van der Waals surface area contributed by atoms with Crippen LogP contribution in [-0.4, -0.2) is 23.9 Å². The van der Waals surface area contributed by atoms with E-state index < -0.39 is 0 Å². The predicted octanol–water partition coefficient (Wildman–Crippen LogP) is 3.36. The molecule has 1 aliphatic rings. The minimum atomic E-state index is -0.233. The number of hydrogen-bond acceptors (Lipinski definition) is 2. The summed E-state index contributed by atoms with van der Waals surface area (Å²) >= 11 is 0. The van der Waals surface area contributed by atoms with E-state index in [1.807, 2.05) is 49.2 Å². The lowest BCUT2D eigenvalue weighted by atomic mass is 9.86. The monoisotopic (exact) mass is 288 g/mol. The highest BCUT2D eigenvalue weighted by Crippen LogP contribution is 2.28.